The minimum absolute atomic E-state index is 0.0494. The molecule has 1 aromatic carbocycles. The quantitative estimate of drug-likeness (QED) is 0.833. The summed E-state index contributed by atoms with van der Waals surface area (Å²) in [7, 11) is 0. The van der Waals surface area contributed by atoms with Crippen molar-refractivity contribution < 1.29 is 5.11 Å². The predicted molar refractivity (Wildman–Crippen MR) is 65.1 cm³/mol. The molecule has 0 aliphatic heterocycles. The summed E-state index contributed by atoms with van der Waals surface area (Å²) in [4.78, 5) is 0. The maximum absolute atomic E-state index is 8.77. The van der Waals surface area contributed by atoms with Crippen molar-refractivity contribution in [3.05, 3.63) is 35.2 Å². The molecular formula is C12H15NOS. The van der Waals surface area contributed by atoms with Gasteiger partial charge in [-0.3, -0.25) is 0 Å². The Morgan fingerprint density at radius 2 is 2.13 bits per heavy atom. The van der Waals surface area contributed by atoms with Crippen LogP contribution in [0.1, 0.15) is 24.4 Å². The van der Waals surface area contributed by atoms with Gasteiger partial charge in [0.1, 0.15) is 0 Å². The summed E-state index contributed by atoms with van der Waals surface area (Å²) in [5.41, 5.74) is 7.30. The molecule has 2 nitrogen and oxygen atoms in total. The summed E-state index contributed by atoms with van der Waals surface area (Å²) in [6, 6.07) is 8.36. The lowest BCUT2D eigenvalue weighted by molar-refractivity contribution is 0.280. The van der Waals surface area contributed by atoms with Crippen molar-refractivity contribution in [3.63, 3.8) is 0 Å². The van der Waals surface area contributed by atoms with E-state index in [1.165, 1.54) is 15.6 Å². The Bertz CT molecular complexity index is 438. The van der Waals surface area contributed by atoms with Crippen molar-refractivity contribution in [3.8, 4) is 0 Å². The molecule has 1 aromatic heterocycles. The standard InChI is InChI=1S/C12H15NOS/c13-11(5-3-7-14)10-8-15-12-6-2-1-4-9(10)12/h1-2,4,6,8,11,14H,3,5,7,13H2/t11-/m0/s1. The zero-order valence-electron chi connectivity index (χ0n) is 8.52. The number of rotatable bonds is 4. The van der Waals surface area contributed by atoms with E-state index in [0.717, 1.165) is 12.8 Å². The predicted octanol–water partition coefficient (Wildman–Crippen LogP) is 2.67. The summed E-state index contributed by atoms with van der Waals surface area (Å²) in [5.74, 6) is 0. The molecular weight excluding hydrogens is 206 g/mol. The molecule has 1 heterocycles. The van der Waals surface area contributed by atoms with Gasteiger partial charge in [-0.1, -0.05) is 18.2 Å². The largest absolute Gasteiger partial charge is 0.396 e. The summed E-state index contributed by atoms with van der Waals surface area (Å²) in [6.07, 6.45) is 1.61. The third-order valence-corrected chi connectivity index (χ3v) is 3.57. The fourth-order valence-electron chi connectivity index (χ4n) is 1.75. The number of aliphatic hydroxyl groups is 1. The molecule has 0 unspecified atom stereocenters. The van der Waals surface area contributed by atoms with Gasteiger partial charge in [-0.2, -0.15) is 0 Å². The van der Waals surface area contributed by atoms with Crippen molar-refractivity contribution >= 4 is 21.4 Å². The van der Waals surface area contributed by atoms with E-state index in [2.05, 4.69) is 17.5 Å². The average Bonchev–Trinajstić information content (AvgIpc) is 2.69. The third-order valence-electron chi connectivity index (χ3n) is 2.58. The van der Waals surface area contributed by atoms with E-state index in [0.29, 0.717) is 0 Å². The second-order valence-corrected chi connectivity index (χ2v) is 4.57. The Labute approximate surface area is 93.3 Å². The second kappa shape index (κ2) is 4.75. The van der Waals surface area contributed by atoms with Crippen LogP contribution in [0.25, 0.3) is 10.1 Å². The van der Waals surface area contributed by atoms with Crippen molar-refractivity contribution in [2.45, 2.75) is 18.9 Å². The first-order valence-electron chi connectivity index (χ1n) is 5.15. The molecule has 3 heteroatoms. The Morgan fingerprint density at radius 1 is 1.33 bits per heavy atom. The van der Waals surface area contributed by atoms with Crippen LogP contribution in [0.4, 0.5) is 0 Å². The molecule has 15 heavy (non-hydrogen) atoms. The van der Waals surface area contributed by atoms with Crippen molar-refractivity contribution in [1.29, 1.82) is 0 Å². The normalized spacial score (nSPS) is 13.2. The van der Waals surface area contributed by atoms with E-state index in [4.69, 9.17) is 10.8 Å². The van der Waals surface area contributed by atoms with E-state index in [1.807, 2.05) is 12.1 Å². The van der Waals surface area contributed by atoms with Gasteiger partial charge in [0, 0.05) is 17.3 Å². The van der Waals surface area contributed by atoms with E-state index in [9.17, 15) is 0 Å². The fourth-order valence-corrected chi connectivity index (χ4v) is 2.78. The van der Waals surface area contributed by atoms with E-state index in [1.54, 1.807) is 11.3 Å². The highest BCUT2D eigenvalue weighted by Crippen LogP contribution is 2.30. The SMILES string of the molecule is N[C@@H](CCCO)c1csc2ccccc12. The van der Waals surface area contributed by atoms with Gasteiger partial charge >= 0.3 is 0 Å². The highest BCUT2D eigenvalue weighted by Gasteiger charge is 2.10. The number of nitrogens with two attached hydrogens (primary N) is 1. The molecule has 0 amide bonds. The zero-order chi connectivity index (χ0) is 10.7. The molecule has 2 rings (SSSR count). The van der Waals surface area contributed by atoms with Gasteiger partial charge in [0.2, 0.25) is 0 Å². The molecule has 2 aromatic rings. The molecule has 0 aliphatic rings. The number of hydrogen-bond donors (Lipinski definition) is 2. The summed E-state index contributed by atoms with van der Waals surface area (Å²) < 4.78 is 1.28. The number of hydrogen-bond acceptors (Lipinski definition) is 3. The number of fused-ring (bicyclic) bond motifs is 1. The van der Waals surface area contributed by atoms with Crippen LogP contribution in [0.15, 0.2) is 29.6 Å². The maximum atomic E-state index is 8.77. The first-order valence-corrected chi connectivity index (χ1v) is 6.03. The molecule has 80 valence electrons. The van der Waals surface area contributed by atoms with Gasteiger partial charge in [-0.15, -0.1) is 11.3 Å². The monoisotopic (exact) mass is 221 g/mol. The average molecular weight is 221 g/mol. The lowest BCUT2D eigenvalue weighted by Gasteiger charge is -2.09. The Morgan fingerprint density at radius 3 is 2.93 bits per heavy atom. The first kappa shape index (κ1) is 10.6. The van der Waals surface area contributed by atoms with Crippen LogP contribution in [0.3, 0.4) is 0 Å². The maximum Gasteiger partial charge on any atom is 0.0431 e. The van der Waals surface area contributed by atoms with Gasteiger partial charge in [-0.05, 0) is 35.2 Å². The number of thiophene rings is 1. The molecule has 0 fully saturated rings. The van der Waals surface area contributed by atoms with Crippen LogP contribution in [-0.2, 0) is 0 Å². The van der Waals surface area contributed by atoms with Crippen LogP contribution in [0, 0.1) is 0 Å². The van der Waals surface area contributed by atoms with Crippen molar-refractivity contribution in [1.82, 2.24) is 0 Å². The molecule has 0 radical (unpaired) electrons. The molecule has 0 aliphatic carbocycles. The second-order valence-electron chi connectivity index (χ2n) is 3.66. The van der Waals surface area contributed by atoms with Crippen LogP contribution >= 0.6 is 11.3 Å². The van der Waals surface area contributed by atoms with Gasteiger partial charge in [0.15, 0.2) is 0 Å². The number of aliphatic hydroxyl groups excluding tert-OH is 1. The zero-order valence-corrected chi connectivity index (χ0v) is 9.33. The lowest BCUT2D eigenvalue weighted by Crippen LogP contribution is -2.10. The van der Waals surface area contributed by atoms with E-state index >= 15 is 0 Å². The number of benzene rings is 1. The molecule has 0 saturated heterocycles. The molecule has 0 saturated carbocycles. The molecule has 3 N–H and O–H groups in total. The van der Waals surface area contributed by atoms with E-state index < -0.39 is 0 Å². The van der Waals surface area contributed by atoms with Crippen molar-refractivity contribution in [2.75, 3.05) is 6.61 Å². The van der Waals surface area contributed by atoms with Gasteiger partial charge in [0.25, 0.3) is 0 Å². The van der Waals surface area contributed by atoms with Gasteiger partial charge < -0.3 is 10.8 Å². The van der Waals surface area contributed by atoms with Gasteiger partial charge in [0.05, 0.1) is 0 Å². The molecule has 0 bridgehead atoms. The molecule has 1 atom stereocenters. The fraction of sp³-hybridized carbons (Fsp3) is 0.333. The Balaban J connectivity index is 2.27. The van der Waals surface area contributed by atoms with E-state index in [-0.39, 0.29) is 12.6 Å². The summed E-state index contributed by atoms with van der Waals surface area (Å²) in [6.45, 7) is 0.218. The topological polar surface area (TPSA) is 46.2 Å². The highest BCUT2D eigenvalue weighted by atomic mass is 32.1. The minimum Gasteiger partial charge on any atom is -0.396 e. The Hall–Kier alpha value is -0.900. The smallest absolute Gasteiger partial charge is 0.0431 e. The Kier molecular flexibility index (Phi) is 3.36. The van der Waals surface area contributed by atoms with Crippen LogP contribution < -0.4 is 5.73 Å². The summed E-state index contributed by atoms with van der Waals surface area (Å²) >= 11 is 1.73. The lowest BCUT2D eigenvalue weighted by atomic mass is 10.0. The van der Waals surface area contributed by atoms with Crippen LogP contribution in [-0.4, -0.2) is 11.7 Å². The van der Waals surface area contributed by atoms with Crippen LogP contribution in [0.5, 0.6) is 0 Å². The molecule has 0 spiro atoms. The van der Waals surface area contributed by atoms with Crippen molar-refractivity contribution in [2.24, 2.45) is 5.73 Å². The minimum atomic E-state index is 0.0494. The van der Waals surface area contributed by atoms with Crippen LogP contribution in [0.2, 0.25) is 0 Å². The highest BCUT2D eigenvalue weighted by molar-refractivity contribution is 7.17. The van der Waals surface area contributed by atoms with Gasteiger partial charge in [-0.25, -0.2) is 0 Å². The third kappa shape index (κ3) is 2.20. The summed E-state index contributed by atoms with van der Waals surface area (Å²) in [5, 5.41) is 12.2. The first-order chi connectivity index (χ1) is 7.33.